The summed E-state index contributed by atoms with van der Waals surface area (Å²) in [6.07, 6.45) is 1.49. The lowest BCUT2D eigenvalue weighted by Crippen LogP contribution is -2.35. The highest BCUT2D eigenvalue weighted by Gasteiger charge is 2.12. The van der Waals surface area contributed by atoms with Crippen LogP contribution in [0.2, 0.25) is 0 Å². The molecular formula is C19H21N3O4. The van der Waals surface area contributed by atoms with E-state index in [0.717, 1.165) is 5.56 Å². The van der Waals surface area contributed by atoms with Crippen molar-refractivity contribution in [2.24, 2.45) is 5.10 Å². The van der Waals surface area contributed by atoms with E-state index in [9.17, 15) is 9.59 Å². The molecule has 0 heterocycles. The third-order valence-electron chi connectivity index (χ3n) is 3.37. The molecule has 7 heteroatoms. The quantitative estimate of drug-likeness (QED) is 0.560. The van der Waals surface area contributed by atoms with Gasteiger partial charge in [0.2, 0.25) is 0 Å². The second-order valence-electron chi connectivity index (χ2n) is 5.15. The highest BCUT2D eigenvalue weighted by molar-refractivity contribution is 5.98. The van der Waals surface area contributed by atoms with E-state index in [4.69, 9.17) is 9.47 Å². The molecule has 0 aliphatic carbocycles. The van der Waals surface area contributed by atoms with Crippen molar-refractivity contribution in [2.75, 3.05) is 20.3 Å². The molecule has 0 spiro atoms. The zero-order valence-corrected chi connectivity index (χ0v) is 14.7. The Morgan fingerprint density at radius 2 is 1.77 bits per heavy atom. The molecule has 0 aliphatic heterocycles. The van der Waals surface area contributed by atoms with Crippen molar-refractivity contribution >= 4 is 18.0 Å². The largest absolute Gasteiger partial charge is 0.496 e. The number of carbonyl (C=O) groups is 2. The molecule has 0 unspecified atom stereocenters. The van der Waals surface area contributed by atoms with Crippen molar-refractivity contribution in [3.63, 3.8) is 0 Å². The van der Waals surface area contributed by atoms with Gasteiger partial charge in [0.05, 0.1) is 32.0 Å². The summed E-state index contributed by atoms with van der Waals surface area (Å²) in [7, 11) is 1.48. The van der Waals surface area contributed by atoms with Crippen molar-refractivity contribution in [1.29, 1.82) is 0 Å². The Kier molecular flexibility index (Phi) is 7.17. The van der Waals surface area contributed by atoms with Gasteiger partial charge in [-0.05, 0) is 31.2 Å². The maximum absolute atomic E-state index is 12.1. The highest BCUT2D eigenvalue weighted by Crippen LogP contribution is 2.17. The van der Waals surface area contributed by atoms with E-state index in [-0.39, 0.29) is 6.54 Å². The number of amides is 2. The average molecular weight is 355 g/mol. The van der Waals surface area contributed by atoms with E-state index in [2.05, 4.69) is 15.8 Å². The number of rotatable bonds is 8. The SMILES string of the molecule is CCOc1ccccc1C=NNC(=O)CNC(=O)c1ccccc1OC. The number of benzene rings is 2. The second kappa shape index (κ2) is 9.83. The van der Waals surface area contributed by atoms with Crippen LogP contribution in [0.5, 0.6) is 11.5 Å². The van der Waals surface area contributed by atoms with Gasteiger partial charge in [-0.25, -0.2) is 5.43 Å². The molecule has 2 aromatic carbocycles. The molecule has 2 aromatic rings. The molecule has 0 bridgehead atoms. The monoisotopic (exact) mass is 355 g/mol. The summed E-state index contributed by atoms with van der Waals surface area (Å²) in [5, 5.41) is 6.41. The minimum atomic E-state index is -0.446. The molecule has 0 aliphatic rings. The number of para-hydroxylation sites is 2. The molecule has 0 atom stereocenters. The smallest absolute Gasteiger partial charge is 0.259 e. The summed E-state index contributed by atoms with van der Waals surface area (Å²) in [6, 6.07) is 14.1. The molecule has 2 rings (SSSR count). The summed E-state index contributed by atoms with van der Waals surface area (Å²) in [4.78, 5) is 23.9. The summed E-state index contributed by atoms with van der Waals surface area (Å²) in [5.74, 6) is 0.273. The molecular weight excluding hydrogens is 334 g/mol. The number of methoxy groups -OCH3 is 1. The van der Waals surface area contributed by atoms with Gasteiger partial charge in [0, 0.05) is 5.56 Å². The van der Waals surface area contributed by atoms with E-state index < -0.39 is 11.8 Å². The van der Waals surface area contributed by atoms with Crippen LogP contribution in [0.25, 0.3) is 0 Å². The Hall–Kier alpha value is -3.35. The van der Waals surface area contributed by atoms with Gasteiger partial charge in [-0.3, -0.25) is 9.59 Å². The van der Waals surface area contributed by atoms with Crippen molar-refractivity contribution < 1.29 is 19.1 Å². The molecule has 0 saturated heterocycles. The highest BCUT2D eigenvalue weighted by atomic mass is 16.5. The number of ether oxygens (including phenoxy) is 2. The first kappa shape index (κ1) is 19.0. The van der Waals surface area contributed by atoms with Gasteiger partial charge in [-0.15, -0.1) is 0 Å². The summed E-state index contributed by atoms with van der Waals surface area (Å²) in [6.45, 7) is 2.22. The molecule has 0 saturated carbocycles. The molecule has 0 radical (unpaired) electrons. The molecule has 2 N–H and O–H groups in total. The van der Waals surface area contributed by atoms with E-state index in [0.29, 0.717) is 23.7 Å². The maximum Gasteiger partial charge on any atom is 0.259 e. The van der Waals surface area contributed by atoms with Gasteiger partial charge in [0.15, 0.2) is 0 Å². The third kappa shape index (κ3) is 5.34. The van der Waals surface area contributed by atoms with Gasteiger partial charge < -0.3 is 14.8 Å². The lowest BCUT2D eigenvalue weighted by Gasteiger charge is -2.08. The Morgan fingerprint density at radius 3 is 2.50 bits per heavy atom. The van der Waals surface area contributed by atoms with E-state index in [1.807, 2.05) is 31.2 Å². The van der Waals surface area contributed by atoms with Crippen LogP contribution < -0.4 is 20.2 Å². The van der Waals surface area contributed by atoms with Gasteiger partial charge in [0.1, 0.15) is 11.5 Å². The van der Waals surface area contributed by atoms with Crippen LogP contribution in [0.3, 0.4) is 0 Å². The van der Waals surface area contributed by atoms with E-state index >= 15 is 0 Å². The number of hydrazone groups is 1. The number of carbonyl (C=O) groups excluding carboxylic acids is 2. The molecule has 136 valence electrons. The Morgan fingerprint density at radius 1 is 1.08 bits per heavy atom. The van der Waals surface area contributed by atoms with E-state index in [1.54, 1.807) is 24.3 Å². The lowest BCUT2D eigenvalue weighted by molar-refractivity contribution is -0.120. The summed E-state index contributed by atoms with van der Waals surface area (Å²) >= 11 is 0. The summed E-state index contributed by atoms with van der Waals surface area (Å²) < 4.78 is 10.6. The number of hydrogen-bond donors (Lipinski definition) is 2. The number of nitrogens with zero attached hydrogens (tertiary/aromatic N) is 1. The fourth-order valence-corrected chi connectivity index (χ4v) is 2.18. The number of nitrogens with one attached hydrogen (secondary N) is 2. The van der Waals surface area contributed by atoms with Crippen molar-refractivity contribution in [3.05, 3.63) is 59.7 Å². The molecule has 0 aromatic heterocycles. The predicted octanol–water partition coefficient (Wildman–Crippen LogP) is 1.97. The number of hydrogen-bond acceptors (Lipinski definition) is 5. The third-order valence-corrected chi connectivity index (χ3v) is 3.37. The molecule has 7 nitrogen and oxygen atoms in total. The van der Waals surface area contributed by atoms with Crippen LogP contribution in [-0.2, 0) is 4.79 Å². The Bertz CT molecular complexity index is 790. The molecule has 0 fully saturated rings. The van der Waals surface area contributed by atoms with Crippen LogP contribution in [-0.4, -0.2) is 38.3 Å². The molecule has 26 heavy (non-hydrogen) atoms. The average Bonchev–Trinajstić information content (AvgIpc) is 2.67. The van der Waals surface area contributed by atoms with Crippen LogP contribution in [0, 0.1) is 0 Å². The van der Waals surface area contributed by atoms with Gasteiger partial charge in [-0.1, -0.05) is 24.3 Å². The van der Waals surface area contributed by atoms with Crippen molar-refractivity contribution in [2.45, 2.75) is 6.92 Å². The van der Waals surface area contributed by atoms with Crippen LogP contribution in [0.4, 0.5) is 0 Å². The topological polar surface area (TPSA) is 89.0 Å². The maximum atomic E-state index is 12.1. The Labute approximate surface area is 152 Å². The van der Waals surface area contributed by atoms with Crippen molar-refractivity contribution in [1.82, 2.24) is 10.7 Å². The first-order chi connectivity index (χ1) is 12.7. The van der Waals surface area contributed by atoms with Gasteiger partial charge in [0.25, 0.3) is 11.8 Å². The second-order valence-corrected chi connectivity index (χ2v) is 5.15. The normalized spacial score (nSPS) is 10.4. The minimum Gasteiger partial charge on any atom is -0.496 e. The fourth-order valence-electron chi connectivity index (χ4n) is 2.18. The van der Waals surface area contributed by atoms with Crippen LogP contribution >= 0.6 is 0 Å². The minimum absolute atomic E-state index is 0.207. The fraction of sp³-hybridized carbons (Fsp3) is 0.211. The van der Waals surface area contributed by atoms with Crippen LogP contribution in [0.1, 0.15) is 22.8 Å². The first-order valence-corrected chi connectivity index (χ1v) is 8.10. The lowest BCUT2D eigenvalue weighted by atomic mass is 10.2. The standard InChI is InChI=1S/C19H21N3O4/c1-3-26-16-10-6-4-8-14(16)12-21-22-18(23)13-20-19(24)15-9-5-7-11-17(15)25-2/h4-12H,3,13H2,1-2H3,(H,20,24)(H,22,23). The molecule has 2 amide bonds. The zero-order chi connectivity index (χ0) is 18.8. The van der Waals surface area contributed by atoms with E-state index in [1.165, 1.54) is 13.3 Å². The zero-order valence-electron chi connectivity index (χ0n) is 14.7. The van der Waals surface area contributed by atoms with Crippen LogP contribution in [0.15, 0.2) is 53.6 Å². The van der Waals surface area contributed by atoms with Crippen molar-refractivity contribution in [3.8, 4) is 11.5 Å². The predicted molar refractivity (Wildman–Crippen MR) is 98.7 cm³/mol. The Balaban J connectivity index is 1.87. The van der Waals surface area contributed by atoms with Gasteiger partial charge >= 0.3 is 0 Å². The van der Waals surface area contributed by atoms with Gasteiger partial charge in [-0.2, -0.15) is 5.10 Å². The first-order valence-electron chi connectivity index (χ1n) is 8.10. The summed E-state index contributed by atoms with van der Waals surface area (Å²) in [5.41, 5.74) is 3.47.